The Morgan fingerprint density at radius 1 is 1.00 bits per heavy atom. The van der Waals surface area contributed by atoms with Crippen LogP contribution in [0.25, 0.3) is 17.0 Å². The zero-order chi connectivity index (χ0) is 21.3. The van der Waals surface area contributed by atoms with Gasteiger partial charge in [-0.1, -0.05) is 28.1 Å². The van der Waals surface area contributed by atoms with E-state index in [1.165, 1.54) is 36.9 Å². The second-order valence-corrected chi connectivity index (χ2v) is 8.71. The Balaban J connectivity index is 1.75. The minimum absolute atomic E-state index is 0.0674. The zero-order valence-corrected chi connectivity index (χ0v) is 18.3. The number of benzene rings is 2. The quantitative estimate of drug-likeness (QED) is 0.442. The molecule has 0 spiro atoms. The average Bonchev–Trinajstić information content (AvgIpc) is 3.16. The molecule has 2 heterocycles. The summed E-state index contributed by atoms with van der Waals surface area (Å²) in [5, 5.41) is 12.6. The van der Waals surface area contributed by atoms with Crippen molar-refractivity contribution in [3.05, 3.63) is 59.1 Å². The molecule has 0 saturated heterocycles. The number of hydrogen-bond donors (Lipinski definition) is 1. The monoisotopic (exact) mass is 489 g/mol. The summed E-state index contributed by atoms with van der Waals surface area (Å²) < 4.78 is 41.1. The highest BCUT2D eigenvalue weighted by molar-refractivity contribution is 9.10. The number of anilines is 1. The van der Waals surface area contributed by atoms with Gasteiger partial charge >= 0.3 is 0 Å². The fourth-order valence-electron chi connectivity index (χ4n) is 2.84. The maximum atomic E-state index is 13.0. The molecule has 0 saturated carbocycles. The summed E-state index contributed by atoms with van der Waals surface area (Å²) in [5.41, 5.74) is 1.26. The Kier molecular flexibility index (Phi) is 5.31. The van der Waals surface area contributed by atoms with Crippen LogP contribution in [0.2, 0.25) is 0 Å². The number of methoxy groups -OCH3 is 2. The van der Waals surface area contributed by atoms with Crippen LogP contribution in [0.1, 0.15) is 0 Å². The standard InChI is InChI=1S/C19H16BrN5O4S/c1-28-14-6-7-15(29-2)16(11-14)30(26,27)24-17-8-9-18-21-22-19(25(18)23-17)12-4-3-5-13(20)10-12/h3-11H,1-2H3,(H,23,24). The van der Waals surface area contributed by atoms with Gasteiger partial charge in [-0.15, -0.1) is 15.3 Å². The molecule has 0 radical (unpaired) electrons. The topological polar surface area (TPSA) is 108 Å². The van der Waals surface area contributed by atoms with Gasteiger partial charge < -0.3 is 9.47 Å². The third-order valence-corrected chi connectivity index (χ3v) is 6.11. The van der Waals surface area contributed by atoms with Crippen LogP contribution in [0, 0.1) is 0 Å². The summed E-state index contributed by atoms with van der Waals surface area (Å²) in [6.07, 6.45) is 0. The van der Waals surface area contributed by atoms with Crippen LogP contribution in [0.3, 0.4) is 0 Å². The van der Waals surface area contributed by atoms with Gasteiger partial charge in [0.2, 0.25) is 0 Å². The lowest BCUT2D eigenvalue weighted by molar-refractivity contribution is 0.392. The molecule has 9 nitrogen and oxygen atoms in total. The van der Waals surface area contributed by atoms with E-state index in [1.807, 2.05) is 24.3 Å². The molecule has 30 heavy (non-hydrogen) atoms. The molecule has 0 aliphatic carbocycles. The third kappa shape index (κ3) is 3.81. The smallest absolute Gasteiger partial charge is 0.266 e. The Morgan fingerprint density at radius 2 is 1.83 bits per heavy atom. The number of nitrogens with zero attached hydrogens (tertiary/aromatic N) is 4. The zero-order valence-electron chi connectivity index (χ0n) is 15.9. The lowest BCUT2D eigenvalue weighted by atomic mass is 10.2. The van der Waals surface area contributed by atoms with Crippen molar-refractivity contribution in [3.8, 4) is 22.9 Å². The van der Waals surface area contributed by atoms with Crippen LogP contribution in [0.5, 0.6) is 11.5 Å². The molecular weight excluding hydrogens is 474 g/mol. The van der Waals surface area contributed by atoms with E-state index in [2.05, 4.69) is 35.9 Å². The van der Waals surface area contributed by atoms with E-state index in [0.29, 0.717) is 17.2 Å². The molecule has 2 aromatic heterocycles. The average molecular weight is 490 g/mol. The van der Waals surface area contributed by atoms with Crippen LogP contribution in [-0.2, 0) is 10.0 Å². The summed E-state index contributed by atoms with van der Waals surface area (Å²) in [5.74, 6) is 1.15. The van der Waals surface area contributed by atoms with Gasteiger partial charge in [-0.05, 0) is 36.4 Å². The van der Waals surface area contributed by atoms with Crippen molar-refractivity contribution in [2.24, 2.45) is 0 Å². The van der Waals surface area contributed by atoms with E-state index in [1.54, 1.807) is 12.1 Å². The van der Waals surface area contributed by atoms with Crippen LogP contribution in [0.15, 0.2) is 64.0 Å². The van der Waals surface area contributed by atoms with E-state index < -0.39 is 10.0 Å². The first-order valence-electron chi connectivity index (χ1n) is 8.64. The SMILES string of the molecule is COc1ccc(OC)c(S(=O)(=O)Nc2ccc3nnc(-c4cccc(Br)c4)n3n2)c1. The van der Waals surface area contributed by atoms with Gasteiger partial charge in [0, 0.05) is 16.1 Å². The predicted octanol–water partition coefficient (Wildman–Crippen LogP) is 3.37. The van der Waals surface area contributed by atoms with E-state index in [4.69, 9.17) is 9.47 Å². The Morgan fingerprint density at radius 3 is 2.57 bits per heavy atom. The molecule has 0 aliphatic rings. The van der Waals surface area contributed by atoms with Crippen molar-refractivity contribution in [2.45, 2.75) is 4.90 Å². The number of nitrogens with one attached hydrogen (secondary N) is 1. The molecule has 11 heteroatoms. The number of ether oxygens (including phenoxy) is 2. The largest absolute Gasteiger partial charge is 0.497 e. The highest BCUT2D eigenvalue weighted by Crippen LogP contribution is 2.29. The van der Waals surface area contributed by atoms with Crippen molar-refractivity contribution < 1.29 is 17.9 Å². The molecule has 0 bridgehead atoms. The third-order valence-electron chi connectivity index (χ3n) is 4.24. The van der Waals surface area contributed by atoms with E-state index in [9.17, 15) is 8.42 Å². The van der Waals surface area contributed by atoms with E-state index in [0.717, 1.165) is 10.0 Å². The molecule has 0 unspecified atom stereocenters. The summed E-state index contributed by atoms with van der Waals surface area (Å²) >= 11 is 3.43. The van der Waals surface area contributed by atoms with E-state index >= 15 is 0 Å². The predicted molar refractivity (Wildman–Crippen MR) is 114 cm³/mol. The number of rotatable bonds is 6. The van der Waals surface area contributed by atoms with Crippen molar-refractivity contribution in [1.29, 1.82) is 0 Å². The Hall–Kier alpha value is -3.18. The first kappa shape index (κ1) is 20.1. The summed E-state index contributed by atoms with van der Waals surface area (Å²) in [4.78, 5) is -0.0674. The highest BCUT2D eigenvalue weighted by atomic mass is 79.9. The maximum absolute atomic E-state index is 13.0. The van der Waals surface area contributed by atoms with Crippen LogP contribution in [-0.4, -0.2) is 42.4 Å². The second kappa shape index (κ2) is 7.92. The Labute approximate surface area is 180 Å². The maximum Gasteiger partial charge on any atom is 0.266 e. The van der Waals surface area contributed by atoms with Gasteiger partial charge in [-0.25, -0.2) is 8.42 Å². The van der Waals surface area contributed by atoms with Gasteiger partial charge in [0.05, 0.1) is 14.2 Å². The fourth-order valence-corrected chi connectivity index (χ4v) is 4.42. The van der Waals surface area contributed by atoms with Crippen LogP contribution >= 0.6 is 15.9 Å². The molecule has 0 atom stereocenters. The summed E-state index contributed by atoms with van der Waals surface area (Å²) in [7, 11) is -1.15. The molecule has 4 aromatic rings. The van der Waals surface area contributed by atoms with Crippen molar-refractivity contribution in [2.75, 3.05) is 18.9 Å². The number of hydrogen-bond acceptors (Lipinski definition) is 7. The summed E-state index contributed by atoms with van der Waals surface area (Å²) in [6, 6.07) is 15.1. The molecule has 0 aliphatic heterocycles. The molecule has 1 N–H and O–H groups in total. The van der Waals surface area contributed by atoms with Gasteiger partial charge in [0.15, 0.2) is 17.3 Å². The minimum Gasteiger partial charge on any atom is -0.497 e. The molecule has 4 rings (SSSR count). The van der Waals surface area contributed by atoms with Crippen molar-refractivity contribution in [3.63, 3.8) is 0 Å². The molecule has 154 valence electrons. The Bertz CT molecular complexity index is 1340. The van der Waals surface area contributed by atoms with Crippen LogP contribution < -0.4 is 14.2 Å². The number of sulfonamides is 1. The lowest BCUT2D eigenvalue weighted by Gasteiger charge is -2.12. The van der Waals surface area contributed by atoms with Gasteiger partial charge in [-0.2, -0.15) is 4.52 Å². The first-order chi connectivity index (χ1) is 14.4. The van der Waals surface area contributed by atoms with E-state index in [-0.39, 0.29) is 16.5 Å². The minimum atomic E-state index is -4.00. The first-order valence-corrected chi connectivity index (χ1v) is 10.9. The lowest BCUT2D eigenvalue weighted by Crippen LogP contribution is -2.16. The number of halogens is 1. The molecule has 0 fully saturated rings. The van der Waals surface area contributed by atoms with Gasteiger partial charge in [-0.3, -0.25) is 4.72 Å². The molecular formula is C19H16BrN5O4S. The second-order valence-electron chi connectivity index (χ2n) is 6.14. The fraction of sp³-hybridized carbons (Fsp3) is 0.105. The normalized spacial score (nSPS) is 11.4. The molecule has 0 amide bonds. The van der Waals surface area contributed by atoms with Crippen molar-refractivity contribution in [1.82, 2.24) is 19.8 Å². The van der Waals surface area contributed by atoms with Crippen LogP contribution in [0.4, 0.5) is 5.82 Å². The van der Waals surface area contributed by atoms with Crippen molar-refractivity contribution >= 4 is 37.4 Å². The van der Waals surface area contributed by atoms with Gasteiger partial charge in [0.25, 0.3) is 10.0 Å². The molecule has 2 aromatic carbocycles. The summed E-state index contributed by atoms with van der Waals surface area (Å²) in [6.45, 7) is 0. The number of fused-ring (bicyclic) bond motifs is 1. The van der Waals surface area contributed by atoms with Gasteiger partial charge in [0.1, 0.15) is 16.4 Å². The highest BCUT2D eigenvalue weighted by Gasteiger charge is 2.22. The number of aromatic nitrogens is 4.